The first-order valence-corrected chi connectivity index (χ1v) is 9.65. The Balaban J connectivity index is 1.61. The lowest BCUT2D eigenvalue weighted by Crippen LogP contribution is -2.34. The van der Waals surface area contributed by atoms with E-state index in [9.17, 15) is 4.79 Å². The van der Waals surface area contributed by atoms with Gasteiger partial charge in [-0.25, -0.2) is 4.79 Å². The SMILES string of the molecule is CC(C)(C)OC(=O)NCCOCc1cccc(COCC2COC(C)(C)O2)c1. The van der Waals surface area contributed by atoms with E-state index in [2.05, 4.69) is 11.4 Å². The highest BCUT2D eigenvalue weighted by atomic mass is 16.7. The van der Waals surface area contributed by atoms with Crippen molar-refractivity contribution in [2.45, 2.75) is 65.3 Å². The molecule has 7 nitrogen and oxygen atoms in total. The standard InChI is InChI=1S/C21H33NO6/c1-20(2,3)28-19(23)22-9-10-24-12-16-7-6-8-17(11-16)13-25-14-18-15-26-21(4,5)27-18/h6-8,11,18H,9-10,12-15H2,1-5H3,(H,22,23). The topological polar surface area (TPSA) is 75.3 Å². The number of amides is 1. The van der Waals surface area contributed by atoms with E-state index >= 15 is 0 Å². The summed E-state index contributed by atoms with van der Waals surface area (Å²) in [5, 5.41) is 2.67. The van der Waals surface area contributed by atoms with Crippen LogP contribution in [0.3, 0.4) is 0 Å². The van der Waals surface area contributed by atoms with Crippen molar-refractivity contribution < 1.29 is 28.5 Å². The molecule has 1 heterocycles. The summed E-state index contributed by atoms with van der Waals surface area (Å²) in [7, 11) is 0. The van der Waals surface area contributed by atoms with Crippen LogP contribution in [0.25, 0.3) is 0 Å². The number of carbonyl (C=O) groups is 1. The van der Waals surface area contributed by atoms with Crippen molar-refractivity contribution in [2.24, 2.45) is 0 Å². The molecule has 1 fully saturated rings. The zero-order valence-electron chi connectivity index (χ0n) is 17.6. The van der Waals surface area contributed by atoms with E-state index in [1.165, 1.54) is 0 Å². The maximum absolute atomic E-state index is 11.5. The first kappa shape index (κ1) is 22.6. The second-order valence-corrected chi connectivity index (χ2v) is 8.27. The molecular formula is C21H33NO6. The molecule has 2 rings (SSSR count). The predicted octanol–water partition coefficient (Wildman–Crippen LogP) is 3.40. The lowest BCUT2D eigenvalue weighted by atomic mass is 10.1. The van der Waals surface area contributed by atoms with Crippen LogP contribution in [0.15, 0.2) is 24.3 Å². The molecule has 158 valence electrons. The first-order chi connectivity index (χ1) is 13.1. The van der Waals surface area contributed by atoms with Crippen LogP contribution in [-0.4, -0.2) is 50.0 Å². The van der Waals surface area contributed by atoms with Gasteiger partial charge in [-0.15, -0.1) is 0 Å². The van der Waals surface area contributed by atoms with Crippen LogP contribution in [-0.2, 0) is 36.9 Å². The Labute approximate surface area is 167 Å². The Bertz CT molecular complexity index is 626. The van der Waals surface area contributed by atoms with Gasteiger partial charge in [0, 0.05) is 6.54 Å². The number of alkyl carbamates (subject to hydrolysis) is 1. The van der Waals surface area contributed by atoms with E-state index in [-0.39, 0.29) is 6.10 Å². The van der Waals surface area contributed by atoms with Crippen LogP contribution in [0.2, 0.25) is 0 Å². The van der Waals surface area contributed by atoms with Crippen LogP contribution in [0.1, 0.15) is 45.7 Å². The van der Waals surface area contributed by atoms with Gasteiger partial charge >= 0.3 is 6.09 Å². The van der Waals surface area contributed by atoms with Gasteiger partial charge in [-0.1, -0.05) is 24.3 Å². The van der Waals surface area contributed by atoms with Gasteiger partial charge in [-0.05, 0) is 45.7 Å². The normalized spacial score (nSPS) is 18.8. The minimum Gasteiger partial charge on any atom is -0.444 e. The van der Waals surface area contributed by atoms with Crippen molar-refractivity contribution in [1.29, 1.82) is 0 Å². The number of ether oxygens (including phenoxy) is 5. The van der Waals surface area contributed by atoms with Gasteiger partial charge in [0.1, 0.15) is 11.7 Å². The van der Waals surface area contributed by atoms with Gasteiger partial charge in [0.15, 0.2) is 5.79 Å². The van der Waals surface area contributed by atoms with Crippen molar-refractivity contribution in [1.82, 2.24) is 5.32 Å². The summed E-state index contributed by atoms with van der Waals surface area (Å²) in [5.74, 6) is -0.524. The van der Waals surface area contributed by atoms with E-state index in [0.717, 1.165) is 11.1 Å². The monoisotopic (exact) mass is 395 g/mol. The fourth-order valence-corrected chi connectivity index (χ4v) is 2.69. The van der Waals surface area contributed by atoms with Crippen LogP contribution in [0.4, 0.5) is 4.79 Å². The summed E-state index contributed by atoms with van der Waals surface area (Å²) in [6, 6.07) is 8.05. The quantitative estimate of drug-likeness (QED) is 0.646. The number of hydrogen-bond acceptors (Lipinski definition) is 6. The lowest BCUT2D eigenvalue weighted by Gasteiger charge is -2.19. The van der Waals surface area contributed by atoms with Gasteiger partial charge in [-0.2, -0.15) is 0 Å². The summed E-state index contributed by atoms with van der Waals surface area (Å²) in [5.41, 5.74) is 1.63. The van der Waals surface area contributed by atoms with Crippen LogP contribution >= 0.6 is 0 Å². The molecule has 1 saturated heterocycles. The number of hydrogen-bond donors (Lipinski definition) is 1. The lowest BCUT2D eigenvalue weighted by molar-refractivity contribution is -0.145. The largest absolute Gasteiger partial charge is 0.444 e. The molecular weight excluding hydrogens is 362 g/mol. The summed E-state index contributed by atoms with van der Waals surface area (Å²) >= 11 is 0. The molecule has 0 aromatic heterocycles. The Morgan fingerprint density at radius 1 is 1.21 bits per heavy atom. The molecule has 0 aliphatic carbocycles. The smallest absolute Gasteiger partial charge is 0.407 e. The van der Waals surface area contributed by atoms with Crippen LogP contribution < -0.4 is 5.32 Å². The van der Waals surface area contributed by atoms with Crippen molar-refractivity contribution in [2.75, 3.05) is 26.4 Å². The third-order valence-corrected chi connectivity index (χ3v) is 3.81. The fraction of sp³-hybridized carbons (Fsp3) is 0.667. The van der Waals surface area contributed by atoms with E-state index in [4.69, 9.17) is 23.7 Å². The van der Waals surface area contributed by atoms with E-state index in [1.54, 1.807) is 0 Å². The van der Waals surface area contributed by atoms with Crippen molar-refractivity contribution >= 4 is 6.09 Å². The molecule has 0 radical (unpaired) electrons. The zero-order valence-corrected chi connectivity index (χ0v) is 17.6. The number of benzene rings is 1. The van der Waals surface area contributed by atoms with Crippen molar-refractivity contribution in [3.05, 3.63) is 35.4 Å². The summed E-state index contributed by atoms with van der Waals surface area (Å²) < 4.78 is 27.8. The van der Waals surface area contributed by atoms with Crippen LogP contribution in [0, 0.1) is 0 Å². The van der Waals surface area contributed by atoms with Crippen LogP contribution in [0.5, 0.6) is 0 Å². The molecule has 0 saturated carbocycles. The van der Waals surface area contributed by atoms with Crippen molar-refractivity contribution in [3.63, 3.8) is 0 Å². The van der Waals surface area contributed by atoms with Gasteiger partial charge < -0.3 is 29.0 Å². The second kappa shape index (κ2) is 10.2. The Hall–Kier alpha value is -1.67. The molecule has 1 aromatic carbocycles. The highest BCUT2D eigenvalue weighted by molar-refractivity contribution is 5.67. The highest BCUT2D eigenvalue weighted by Crippen LogP contribution is 2.22. The Kier molecular flexibility index (Phi) is 8.24. The average Bonchev–Trinajstić information content (AvgIpc) is 2.92. The van der Waals surface area contributed by atoms with E-state index in [0.29, 0.717) is 39.6 Å². The number of carbonyl (C=O) groups excluding carboxylic acids is 1. The highest BCUT2D eigenvalue weighted by Gasteiger charge is 2.32. The van der Waals surface area contributed by atoms with Gasteiger partial charge in [-0.3, -0.25) is 0 Å². The average molecular weight is 395 g/mol. The molecule has 1 N–H and O–H groups in total. The molecule has 1 atom stereocenters. The molecule has 1 amide bonds. The number of nitrogens with one attached hydrogen (secondary N) is 1. The molecule has 0 spiro atoms. The summed E-state index contributed by atoms with van der Waals surface area (Å²) in [6.45, 7) is 12.1. The van der Waals surface area contributed by atoms with Crippen molar-refractivity contribution in [3.8, 4) is 0 Å². The minimum absolute atomic E-state index is 0.0287. The third-order valence-electron chi connectivity index (χ3n) is 3.81. The zero-order chi connectivity index (χ0) is 20.6. The molecule has 28 heavy (non-hydrogen) atoms. The molecule has 1 aliphatic heterocycles. The van der Waals surface area contributed by atoms with E-state index < -0.39 is 17.5 Å². The molecule has 1 unspecified atom stereocenters. The van der Waals surface area contributed by atoms with Gasteiger partial charge in [0.05, 0.1) is 33.0 Å². The first-order valence-electron chi connectivity index (χ1n) is 9.65. The molecule has 1 aliphatic rings. The predicted molar refractivity (Wildman–Crippen MR) is 105 cm³/mol. The molecule has 1 aromatic rings. The minimum atomic E-state index is -0.524. The van der Waals surface area contributed by atoms with Gasteiger partial charge in [0.2, 0.25) is 0 Å². The maximum Gasteiger partial charge on any atom is 0.407 e. The van der Waals surface area contributed by atoms with E-state index in [1.807, 2.05) is 52.8 Å². The maximum atomic E-state index is 11.5. The fourth-order valence-electron chi connectivity index (χ4n) is 2.69. The third kappa shape index (κ3) is 9.01. The summed E-state index contributed by atoms with van der Waals surface area (Å²) in [6.07, 6.45) is -0.464. The van der Waals surface area contributed by atoms with Gasteiger partial charge in [0.25, 0.3) is 0 Å². The molecule has 7 heteroatoms. The Morgan fingerprint density at radius 3 is 2.50 bits per heavy atom. The Morgan fingerprint density at radius 2 is 1.89 bits per heavy atom. The second-order valence-electron chi connectivity index (χ2n) is 8.27. The summed E-state index contributed by atoms with van der Waals surface area (Å²) in [4.78, 5) is 11.5. The number of rotatable bonds is 9. The molecule has 0 bridgehead atoms.